The average molecular weight is 339 g/mol. The summed E-state index contributed by atoms with van der Waals surface area (Å²) in [7, 11) is 0. The van der Waals surface area contributed by atoms with Gasteiger partial charge in [-0.15, -0.1) is 0 Å². The fraction of sp³-hybridized carbons (Fsp3) is 0.0909. The van der Waals surface area contributed by atoms with Gasteiger partial charge in [-0.2, -0.15) is 5.10 Å². The molecule has 1 aromatic heterocycles. The van der Waals surface area contributed by atoms with Crippen LogP contribution in [0.5, 0.6) is 0 Å². The zero-order valence-electron chi connectivity index (χ0n) is 14.1. The lowest BCUT2D eigenvalue weighted by Gasteiger charge is -2.18. The predicted molar refractivity (Wildman–Crippen MR) is 104 cm³/mol. The molecule has 0 bridgehead atoms. The van der Waals surface area contributed by atoms with Crippen molar-refractivity contribution in [1.82, 2.24) is 10.2 Å². The summed E-state index contributed by atoms with van der Waals surface area (Å²) in [6.45, 7) is 1.88. The van der Waals surface area contributed by atoms with E-state index in [4.69, 9.17) is 0 Å². The van der Waals surface area contributed by atoms with Gasteiger partial charge in [-0.25, -0.2) is 5.10 Å². The maximum Gasteiger partial charge on any atom is 0.272 e. The topological polar surface area (TPSA) is 49.0 Å². The number of hydrogen-bond donors (Lipinski definition) is 1. The van der Waals surface area contributed by atoms with Crippen LogP contribution in [0.1, 0.15) is 11.1 Å². The summed E-state index contributed by atoms with van der Waals surface area (Å²) in [6.07, 6.45) is 0. The van der Waals surface area contributed by atoms with E-state index in [0.717, 1.165) is 29.7 Å². The Morgan fingerprint density at radius 3 is 2.08 bits per heavy atom. The van der Waals surface area contributed by atoms with Crippen LogP contribution in [0.15, 0.2) is 77.6 Å². The third-order valence-corrected chi connectivity index (χ3v) is 5.04. The molecule has 3 aromatic carbocycles. The summed E-state index contributed by atoms with van der Waals surface area (Å²) in [6, 6.07) is 24.6. The highest BCUT2D eigenvalue weighted by molar-refractivity contribution is 5.93. The molecule has 1 N–H and O–H groups in total. The van der Waals surface area contributed by atoms with Crippen molar-refractivity contribution in [2.24, 2.45) is 0 Å². The van der Waals surface area contributed by atoms with Gasteiger partial charge in [-0.1, -0.05) is 54.6 Å². The fourth-order valence-corrected chi connectivity index (χ4v) is 3.68. The highest BCUT2D eigenvalue weighted by atomic mass is 16.1. The van der Waals surface area contributed by atoms with Gasteiger partial charge in [0.15, 0.2) is 0 Å². The van der Waals surface area contributed by atoms with Crippen molar-refractivity contribution in [3.63, 3.8) is 0 Å². The zero-order chi connectivity index (χ0) is 17.5. The molecule has 0 fully saturated rings. The number of H-pyrrole nitrogens is 1. The molecule has 26 heavy (non-hydrogen) atoms. The van der Waals surface area contributed by atoms with E-state index in [9.17, 15) is 4.79 Å². The molecule has 5 rings (SSSR count). The van der Waals surface area contributed by atoms with Crippen molar-refractivity contribution in [3.05, 3.63) is 94.3 Å². The van der Waals surface area contributed by atoms with Crippen LogP contribution in [0.25, 0.3) is 22.0 Å². The summed E-state index contributed by atoms with van der Waals surface area (Å²) in [4.78, 5) is 14.3. The van der Waals surface area contributed by atoms with E-state index in [1.54, 1.807) is 0 Å². The van der Waals surface area contributed by atoms with E-state index in [-0.39, 0.29) is 5.56 Å². The number of fused-ring (bicyclic) bond motifs is 2. The molecule has 2 heterocycles. The summed E-state index contributed by atoms with van der Waals surface area (Å²) in [5.41, 5.74) is 5.62. The van der Waals surface area contributed by atoms with Gasteiger partial charge in [0.25, 0.3) is 5.56 Å². The molecular formula is C22H17N3O. The lowest BCUT2D eigenvalue weighted by molar-refractivity contribution is 0.880. The molecule has 1 aliphatic heterocycles. The minimum absolute atomic E-state index is 0.157. The Bertz CT molecular complexity index is 1140. The Morgan fingerprint density at radius 1 is 0.769 bits per heavy atom. The van der Waals surface area contributed by atoms with Gasteiger partial charge in [-0.3, -0.25) is 4.79 Å². The summed E-state index contributed by atoms with van der Waals surface area (Å²) in [5, 5.41) is 8.43. The van der Waals surface area contributed by atoms with E-state index >= 15 is 0 Å². The normalized spacial score (nSPS) is 13.2. The van der Waals surface area contributed by atoms with Crippen LogP contribution in [0.4, 0.5) is 5.69 Å². The first-order chi connectivity index (χ1) is 12.8. The van der Waals surface area contributed by atoms with Crippen molar-refractivity contribution in [3.8, 4) is 11.3 Å². The zero-order valence-corrected chi connectivity index (χ0v) is 14.1. The third kappa shape index (κ3) is 2.39. The van der Waals surface area contributed by atoms with E-state index in [1.807, 2.05) is 24.3 Å². The van der Waals surface area contributed by atoms with Crippen molar-refractivity contribution < 1.29 is 0 Å². The molecule has 4 heteroatoms. The quantitative estimate of drug-likeness (QED) is 0.598. The Labute approximate surface area is 150 Å². The minimum atomic E-state index is -0.157. The van der Waals surface area contributed by atoms with Gasteiger partial charge in [0.1, 0.15) is 0 Å². The molecule has 0 radical (unpaired) electrons. The lowest BCUT2D eigenvalue weighted by atomic mass is 10.0. The molecule has 4 nitrogen and oxygen atoms in total. The predicted octanol–water partition coefficient (Wildman–Crippen LogP) is 4.11. The van der Waals surface area contributed by atoms with Gasteiger partial charge in [0, 0.05) is 29.7 Å². The van der Waals surface area contributed by atoms with Crippen LogP contribution in [0.3, 0.4) is 0 Å². The molecule has 0 aliphatic carbocycles. The molecular weight excluding hydrogens is 322 g/mol. The van der Waals surface area contributed by atoms with Crippen molar-refractivity contribution in [2.75, 3.05) is 4.90 Å². The first-order valence-corrected chi connectivity index (χ1v) is 8.69. The number of rotatable bonds is 2. The number of aromatic nitrogens is 2. The number of nitrogens with zero attached hydrogens (tertiary/aromatic N) is 2. The van der Waals surface area contributed by atoms with Gasteiger partial charge in [0.2, 0.25) is 0 Å². The first kappa shape index (κ1) is 14.9. The van der Waals surface area contributed by atoms with Crippen LogP contribution in [0.2, 0.25) is 0 Å². The maximum atomic E-state index is 12.0. The summed E-state index contributed by atoms with van der Waals surface area (Å²) >= 11 is 0. The number of anilines is 1. The molecule has 0 saturated carbocycles. The Kier molecular flexibility index (Phi) is 3.35. The van der Waals surface area contributed by atoms with E-state index in [2.05, 4.69) is 63.6 Å². The van der Waals surface area contributed by atoms with Crippen molar-refractivity contribution in [2.45, 2.75) is 13.1 Å². The first-order valence-electron chi connectivity index (χ1n) is 8.69. The van der Waals surface area contributed by atoms with Crippen LogP contribution >= 0.6 is 0 Å². The van der Waals surface area contributed by atoms with Crippen LogP contribution in [-0.4, -0.2) is 10.2 Å². The largest absolute Gasteiger partial charge is 0.363 e. The van der Waals surface area contributed by atoms with Crippen LogP contribution < -0.4 is 10.5 Å². The van der Waals surface area contributed by atoms with Crippen molar-refractivity contribution in [1.29, 1.82) is 0 Å². The minimum Gasteiger partial charge on any atom is -0.363 e. The number of hydrogen-bond acceptors (Lipinski definition) is 3. The monoisotopic (exact) mass is 339 g/mol. The van der Waals surface area contributed by atoms with Gasteiger partial charge in [0.05, 0.1) is 11.1 Å². The molecule has 126 valence electrons. The Balaban J connectivity index is 1.50. The summed E-state index contributed by atoms with van der Waals surface area (Å²) in [5.74, 6) is 0. The highest BCUT2D eigenvalue weighted by Gasteiger charge is 2.18. The second-order valence-corrected chi connectivity index (χ2v) is 6.62. The molecule has 4 aromatic rings. The van der Waals surface area contributed by atoms with E-state index in [0.29, 0.717) is 5.39 Å². The summed E-state index contributed by atoms with van der Waals surface area (Å²) < 4.78 is 0. The average Bonchev–Trinajstić information content (AvgIpc) is 3.13. The van der Waals surface area contributed by atoms with E-state index in [1.165, 1.54) is 16.8 Å². The molecule has 0 atom stereocenters. The van der Waals surface area contributed by atoms with Crippen LogP contribution in [0, 0.1) is 0 Å². The molecule has 1 aliphatic rings. The molecule has 0 spiro atoms. The standard InChI is InChI=1S/C22H17N3O/c26-22-20-8-4-3-7-19(20)21(23-24-22)15-9-11-18(12-10-15)25-13-16-5-1-2-6-17(16)14-25/h1-12H,13-14H2,(H,24,26). The number of benzene rings is 3. The fourth-order valence-electron chi connectivity index (χ4n) is 3.68. The second-order valence-electron chi connectivity index (χ2n) is 6.62. The Morgan fingerprint density at radius 2 is 1.38 bits per heavy atom. The van der Waals surface area contributed by atoms with Gasteiger partial charge in [-0.05, 0) is 29.3 Å². The molecule has 0 unspecified atom stereocenters. The van der Waals surface area contributed by atoms with Crippen LogP contribution in [-0.2, 0) is 13.1 Å². The highest BCUT2D eigenvalue weighted by Crippen LogP contribution is 2.30. The van der Waals surface area contributed by atoms with Gasteiger partial charge >= 0.3 is 0 Å². The maximum absolute atomic E-state index is 12.0. The van der Waals surface area contributed by atoms with E-state index < -0.39 is 0 Å². The van der Waals surface area contributed by atoms with Gasteiger partial charge < -0.3 is 4.90 Å². The Hall–Kier alpha value is -3.40. The second kappa shape index (κ2) is 5.85. The van der Waals surface area contributed by atoms with Crippen molar-refractivity contribution >= 4 is 16.5 Å². The third-order valence-electron chi connectivity index (χ3n) is 5.04. The molecule has 0 saturated heterocycles. The molecule has 0 amide bonds. The smallest absolute Gasteiger partial charge is 0.272 e. The lowest BCUT2D eigenvalue weighted by Crippen LogP contribution is -2.14. The number of aromatic amines is 1. The number of nitrogens with one attached hydrogen (secondary N) is 1. The SMILES string of the molecule is O=c1[nH]nc(-c2ccc(N3Cc4ccccc4C3)cc2)c2ccccc12.